The molecule has 2 aromatic rings. The van der Waals surface area contributed by atoms with Crippen LogP contribution in [0.4, 0.5) is 5.82 Å². The van der Waals surface area contributed by atoms with E-state index in [0.29, 0.717) is 11.2 Å². The van der Waals surface area contributed by atoms with E-state index in [-0.39, 0.29) is 5.82 Å². The first-order valence-corrected chi connectivity index (χ1v) is 6.12. The number of rotatable bonds is 2. The summed E-state index contributed by atoms with van der Waals surface area (Å²) in [7, 11) is 0. The minimum absolute atomic E-state index is 0.209. The van der Waals surface area contributed by atoms with Crippen molar-refractivity contribution in [3.05, 3.63) is 23.1 Å². The summed E-state index contributed by atoms with van der Waals surface area (Å²) in [6, 6.07) is 0. The summed E-state index contributed by atoms with van der Waals surface area (Å²) < 4.78 is 7.04. The second kappa shape index (κ2) is 3.80. The number of ether oxygens (including phenoxy) is 1. The fraction of sp³-hybridized carbons (Fsp3) is 0.500. The molecule has 11 nitrogen and oxygen atoms in total. The smallest absolute Gasteiger partial charge is 0.167 e. The zero-order chi connectivity index (χ0) is 14.8. The number of anilines is 1. The van der Waals surface area contributed by atoms with E-state index in [4.69, 9.17) is 16.0 Å². The van der Waals surface area contributed by atoms with Crippen molar-refractivity contribution in [2.45, 2.75) is 30.1 Å². The van der Waals surface area contributed by atoms with Gasteiger partial charge in [-0.15, -0.1) is 0 Å². The largest absolute Gasteiger partial charge is 0.389 e. The third-order valence-corrected chi connectivity index (χ3v) is 4.02. The number of nitrogens with two attached hydrogens (primary N) is 1. The quantitative estimate of drug-likeness (QED) is 0.365. The molecule has 5 atom stereocenters. The molecule has 1 saturated heterocycles. The first-order chi connectivity index (χ1) is 10.1. The van der Waals surface area contributed by atoms with E-state index in [0.717, 1.165) is 0 Å². The second-order valence-electron chi connectivity index (χ2n) is 5.00. The summed E-state index contributed by atoms with van der Waals surface area (Å²) in [5, 5.41) is 23.6. The molecule has 2 fully saturated rings. The van der Waals surface area contributed by atoms with E-state index >= 15 is 0 Å². The molecule has 1 aliphatic heterocycles. The van der Waals surface area contributed by atoms with Crippen LogP contribution in [0.1, 0.15) is 6.23 Å². The third kappa shape index (κ3) is 1.33. The molecule has 0 spiro atoms. The van der Waals surface area contributed by atoms with Crippen molar-refractivity contribution >= 4 is 17.0 Å². The average molecular weight is 290 g/mol. The summed E-state index contributed by atoms with van der Waals surface area (Å²) in [4.78, 5) is 14.6. The van der Waals surface area contributed by atoms with Gasteiger partial charge in [0.05, 0.1) is 12.4 Å². The molecule has 0 aromatic carbocycles. The van der Waals surface area contributed by atoms with Crippen LogP contribution < -0.4 is 5.73 Å². The number of nitrogen functional groups attached to an aromatic ring is 1. The minimum Gasteiger partial charge on any atom is -0.389 e. The topological polar surface area (TPSA) is 168 Å². The van der Waals surface area contributed by atoms with Gasteiger partial charge in [0.15, 0.2) is 17.7 Å². The number of nitrogens with zero attached hydrogens (tertiary/aromatic N) is 7. The zero-order valence-corrected chi connectivity index (χ0v) is 10.5. The highest BCUT2D eigenvalue weighted by Gasteiger charge is 2.77. The van der Waals surface area contributed by atoms with Crippen molar-refractivity contribution in [1.82, 2.24) is 19.5 Å². The number of aliphatic hydroxyl groups is 2. The first kappa shape index (κ1) is 12.3. The van der Waals surface area contributed by atoms with Crippen LogP contribution in [0.25, 0.3) is 21.6 Å². The Morgan fingerprint density at radius 3 is 2.95 bits per heavy atom. The van der Waals surface area contributed by atoms with Crippen LogP contribution in [0.15, 0.2) is 17.8 Å². The molecule has 11 heteroatoms. The molecular weight excluding hydrogens is 280 g/mol. The SMILES string of the molecule is [N-]=[N+]=NC12C(O)[C@H]1O[C@@H](n1cnc3c(N)ncnc31)[C@@H]2O. The van der Waals surface area contributed by atoms with Crippen molar-refractivity contribution in [1.29, 1.82) is 0 Å². The van der Waals surface area contributed by atoms with Gasteiger partial charge in [-0.25, -0.2) is 15.0 Å². The molecular formula is C10H10N8O3. The lowest BCUT2D eigenvalue weighted by molar-refractivity contribution is -0.0691. The molecule has 3 heterocycles. The average Bonchev–Trinajstić information content (AvgIpc) is 2.80. The number of hydrogen-bond acceptors (Lipinski definition) is 8. The minimum atomic E-state index is -1.35. The maximum absolute atomic E-state index is 10.4. The number of aliphatic hydroxyl groups excluding tert-OH is 2. The molecule has 0 bridgehead atoms. The predicted molar refractivity (Wildman–Crippen MR) is 67.5 cm³/mol. The molecule has 2 aliphatic rings. The predicted octanol–water partition coefficient (Wildman–Crippen LogP) is -0.910. The second-order valence-corrected chi connectivity index (χ2v) is 5.00. The highest BCUT2D eigenvalue weighted by atomic mass is 16.6. The highest BCUT2D eigenvalue weighted by molar-refractivity contribution is 5.81. The van der Waals surface area contributed by atoms with Gasteiger partial charge in [0, 0.05) is 4.91 Å². The molecule has 108 valence electrons. The van der Waals surface area contributed by atoms with Crippen LogP contribution in [0.5, 0.6) is 0 Å². The van der Waals surface area contributed by atoms with Crippen molar-refractivity contribution in [3.63, 3.8) is 0 Å². The van der Waals surface area contributed by atoms with Gasteiger partial charge in [-0.2, -0.15) is 0 Å². The molecule has 2 unspecified atom stereocenters. The molecule has 0 radical (unpaired) electrons. The standard InChI is InChI=1S/C10H10N8O3/c11-7-3-8(14-1-13-7)18(2-15-3)9-5(20)10(16-17-12)4(19)6(10)21-9/h1-2,4-6,9,19-20H,(H2,11,13,14)/t4?,5-,6+,9+,10?/m0/s1. The first-order valence-electron chi connectivity index (χ1n) is 6.12. The van der Waals surface area contributed by atoms with E-state index in [2.05, 4.69) is 25.0 Å². The van der Waals surface area contributed by atoms with Crippen LogP contribution in [0.3, 0.4) is 0 Å². The summed E-state index contributed by atoms with van der Waals surface area (Å²) in [5.74, 6) is 0.209. The van der Waals surface area contributed by atoms with Crippen LogP contribution >= 0.6 is 0 Å². The van der Waals surface area contributed by atoms with Gasteiger partial charge in [0.2, 0.25) is 0 Å². The number of aromatic nitrogens is 4. The van der Waals surface area contributed by atoms with Crippen molar-refractivity contribution in [2.75, 3.05) is 5.73 Å². The molecule has 4 N–H and O–H groups in total. The molecule has 21 heavy (non-hydrogen) atoms. The van der Waals surface area contributed by atoms with Crippen LogP contribution in [-0.4, -0.2) is 53.6 Å². The van der Waals surface area contributed by atoms with Gasteiger partial charge < -0.3 is 20.7 Å². The molecule has 4 rings (SSSR count). The van der Waals surface area contributed by atoms with Crippen LogP contribution in [0.2, 0.25) is 0 Å². The monoisotopic (exact) mass is 290 g/mol. The Morgan fingerprint density at radius 1 is 1.38 bits per heavy atom. The summed E-state index contributed by atoms with van der Waals surface area (Å²) >= 11 is 0. The normalized spacial score (nSPS) is 37.2. The van der Waals surface area contributed by atoms with E-state index in [9.17, 15) is 10.2 Å². The maximum Gasteiger partial charge on any atom is 0.167 e. The number of imidazole rings is 1. The van der Waals surface area contributed by atoms with E-state index in [1.807, 2.05) is 0 Å². The lowest BCUT2D eigenvalue weighted by Crippen LogP contribution is -2.35. The van der Waals surface area contributed by atoms with Gasteiger partial charge in [-0.1, -0.05) is 5.11 Å². The zero-order valence-electron chi connectivity index (χ0n) is 10.5. The maximum atomic E-state index is 10.4. The Hall–Kier alpha value is -2.46. The number of azide groups is 1. The number of hydrogen-bond donors (Lipinski definition) is 3. The van der Waals surface area contributed by atoms with Crippen molar-refractivity contribution in [3.8, 4) is 0 Å². The van der Waals surface area contributed by atoms with Gasteiger partial charge >= 0.3 is 0 Å². The van der Waals surface area contributed by atoms with E-state index in [1.54, 1.807) is 0 Å². The summed E-state index contributed by atoms with van der Waals surface area (Å²) in [6.07, 6.45) is -1.18. The fourth-order valence-corrected chi connectivity index (χ4v) is 2.85. The fourth-order valence-electron chi connectivity index (χ4n) is 2.85. The molecule has 2 aromatic heterocycles. The van der Waals surface area contributed by atoms with Gasteiger partial charge in [0.25, 0.3) is 0 Å². The van der Waals surface area contributed by atoms with Crippen LogP contribution in [-0.2, 0) is 4.74 Å². The Balaban J connectivity index is 1.78. The van der Waals surface area contributed by atoms with Gasteiger partial charge in [-0.3, -0.25) is 4.57 Å². The lowest BCUT2D eigenvalue weighted by Gasteiger charge is -2.22. The van der Waals surface area contributed by atoms with E-state index in [1.165, 1.54) is 17.2 Å². The van der Waals surface area contributed by atoms with Crippen LogP contribution in [0, 0.1) is 0 Å². The van der Waals surface area contributed by atoms with Crippen molar-refractivity contribution in [2.24, 2.45) is 5.11 Å². The Bertz CT molecular complexity index is 786. The molecule has 0 amide bonds. The van der Waals surface area contributed by atoms with E-state index < -0.39 is 30.1 Å². The number of fused-ring (bicyclic) bond motifs is 2. The van der Waals surface area contributed by atoms with Gasteiger partial charge in [-0.05, 0) is 5.53 Å². The van der Waals surface area contributed by atoms with Gasteiger partial charge in [0.1, 0.15) is 29.6 Å². The summed E-state index contributed by atoms with van der Waals surface area (Å²) in [5.41, 5.74) is 13.7. The third-order valence-electron chi connectivity index (χ3n) is 4.02. The van der Waals surface area contributed by atoms with Crippen molar-refractivity contribution < 1.29 is 14.9 Å². The Morgan fingerprint density at radius 2 is 2.19 bits per heavy atom. The summed E-state index contributed by atoms with van der Waals surface area (Å²) in [6.45, 7) is 0. The Kier molecular flexibility index (Phi) is 2.22. The Labute approximate surface area is 116 Å². The molecule has 1 saturated carbocycles. The molecule has 1 aliphatic carbocycles. The lowest BCUT2D eigenvalue weighted by atomic mass is 10.1. The highest BCUT2D eigenvalue weighted by Crippen LogP contribution is 2.56.